The van der Waals surface area contributed by atoms with E-state index in [1.807, 2.05) is 24.0 Å². The van der Waals surface area contributed by atoms with Crippen molar-refractivity contribution in [2.45, 2.75) is 13.3 Å². The Morgan fingerprint density at radius 3 is 2.48 bits per heavy atom. The van der Waals surface area contributed by atoms with Crippen LogP contribution in [0.3, 0.4) is 0 Å². The van der Waals surface area contributed by atoms with E-state index in [-0.39, 0.29) is 11.1 Å². The Morgan fingerprint density at radius 1 is 1.00 bits per heavy atom. The van der Waals surface area contributed by atoms with Crippen LogP contribution in [0.1, 0.15) is 17.6 Å². The van der Waals surface area contributed by atoms with Gasteiger partial charge in [0.1, 0.15) is 12.4 Å². The Bertz CT molecular complexity index is 1290. The topological polar surface area (TPSA) is 46.9 Å². The highest BCUT2D eigenvalue weighted by Crippen LogP contribution is 2.41. The number of ether oxygens (including phenoxy) is 2. The minimum Gasteiger partial charge on any atom is -0.490 e. The van der Waals surface area contributed by atoms with Crippen LogP contribution < -0.4 is 24.5 Å². The quantitative estimate of drug-likeness (QED) is 0.555. The van der Waals surface area contributed by atoms with E-state index < -0.39 is 6.43 Å². The number of hydrogen-bond acceptors (Lipinski definition) is 5. The van der Waals surface area contributed by atoms with Gasteiger partial charge in [0, 0.05) is 48.0 Å². The van der Waals surface area contributed by atoms with Gasteiger partial charge in [0.05, 0.1) is 31.0 Å². The Labute approximate surface area is 198 Å². The molecule has 0 saturated carbocycles. The summed E-state index contributed by atoms with van der Waals surface area (Å²) in [4.78, 5) is 17.0. The largest absolute Gasteiger partial charge is 0.490 e. The summed E-state index contributed by atoms with van der Waals surface area (Å²) in [5.41, 5.74) is 3.84. The smallest absolute Gasteiger partial charge is 0.262 e. The van der Waals surface area contributed by atoms with E-state index >= 15 is 0 Å². The van der Waals surface area contributed by atoms with Crippen molar-refractivity contribution in [1.82, 2.24) is 4.57 Å². The molecule has 0 N–H and O–H groups in total. The van der Waals surface area contributed by atoms with Crippen molar-refractivity contribution >= 4 is 48.7 Å². The SMILES string of the molecule is Cc1cc2c(N3CCOCC3)cc(N3CCOc4c[c]([Al])c(C(F)F)cc43)cc2n(C)c1=O. The minimum atomic E-state index is -2.59. The number of aryl methyl sites for hydroxylation is 2. The van der Waals surface area contributed by atoms with Crippen molar-refractivity contribution < 1.29 is 18.3 Å². The molecule has 0 unspecified atom stereocenters. The molecule has 3 heterocycles. The summed E-state index contributed by atoms with van der Waals surface area (Å²) < 4.78 is 40.7. The summed E-state index contributed by atoms with van der Waals surface area (Å²) in [6.45, 7) is 5.51. The van der Waals surface area contributed by atoms with Crippen LogP contribution in [0.15, 0.2) is 35.1 Å². The van der Waals surface area contributed by atoms with Gasteiger partial charge in [-0.25, -0.2) is 8.78 Å². The van der Waals surface area contributed by atoms with Crippen molar-refractivity contribution in [2.75, 3.05) is 49.3 Å². The molecule has 1 fully saturated rings. The average Bonchev–Trinajstić information content (AvgIpc) is 2.81. The molecule has 0 bridgehead atoms. The lowest BCUT2D eigenvalue weighted by Gasteiger charge is -2.35. The summed E-state index contributed by atoms with van der Waals surface area (Å²) in [5.74, 6) is 0.571. The van der Waals surface area contributed by atoms with Gasteiger partial charge in [-0.3, -0.25) is 4.79 Å². The van der Waals surface area contributed by atoms with Gasteiger partial charge in [-0.2, -0.15) is 0 Å². The number of halogens is 2. The fraction of sp³-hybridized carbons (Fsp3) is 0.375. The van der Waals surface area contributed by atoms with Gasteiger partial charge in [-0.1, -0.05) is 0 Å². The third-order valence-electron chi connectivity index (χ3n) is 6.41. The molecule has 6 nitrogen and oxygen atoms in total. The number of fused-ring (bicyclic) bond motifs is 2. The number of rotatable bonds is 3. The molecule has 170 valence electrons. The maximum atomic E-state index is 13.6. The second kappa shape index (κ2) is 8.64. The number of morpholine rings is 1. The number of aromatic nitrogens is 1. The maximum absolute atomic E-state index is 13.6. The molecule has 9 heteroatoms. The maximum Gasteiger partial charge on any atom is 0.262 e. The highest BCUT2D eigenvalue weighted by molar-refractivity contribution is 6.33. The Hall–Kier alpha value is -2.60. The van der Waals surface area contributed by atoms with Crippen LogP contribution in [-0.2, 0) is 11.8 Å². The van der Waals surface area contributed by atoms with Crippen LogP contribution in [0.2, 0.25) is 0 Å². The predicted molar refractivity (Wildman–Crippen MR) is 126 cm³/mol. The normalized spacial score (nSPS) is 16.3. The van der Waals surface area contributed by atoms with Crippen LogP contribution >= 0.6 is 0 Å². The van der Waals surface area contributed by atoms with E-state index in [0.717, 1.165) is 35.4 Å². The van der Waals surface area contributed by atoms with Gasteiger partial charge in [0.25, 0.3) is 12.0 Å². The second-order valence-electron chi connectivity index (χ2n) is 8.44. The fourth-order valence-corrected chi connectivity index (χ4v) is 5.02. The first-order valence-corrected chi connectivity index (χ1v) is 11.5. The molecule has 0 amide bonds. The molecular formula is C24H24AlF2N3O3. The highest BCUT2D eigenvalue weighted by atomic mass is 27.0. The van der Waals surface area contributed by atoms with Gasteiger partial charge in [0.15, 0.2) is 16.3 Å². The first-order chi connectivity index (χ1) is 15.8. The molecular weight excluding hydrogens is 443 g/mol. The summed E-state index contributed by atoms with van der Waals surface area (Å²) in [6.07, 6.45) is -2.59. The molecule has 33 heavy (non-hydrogen) atoms. The van der Waals surface area contributed by atoms with E-state index in [0.29, 0.717) is 47.8 Å². The summed E-state index contributed by atoms with van der Waals surface area (Å²) in [6, 6.07) is 9.15. The second-order valence-corrected chi connectivity index (χ2v) is 9.06. The molecule has 5 rings (SSSR count). The zero-order valence-corrected chi connectivity index (χ0v) is 19.8. The number of benzene rings is 2. The van der Waals surface area contributed by atoms with Crippen molar-refractivity contribution in [2.24, 2.45) is 7.05 Å². The molecule has 0 aliphatic carbocycles. The van der Waals surface area contributed by atoms with E-state index in [4.69, 9.17) is 9.47 Å². The lowest BCUT2D eigenvalue weighted by molar-refractivity contribution is 0.123. The summed E-state index contributed by atoms with van der Waals surface area (Å²) >= 11 is 2.37. The number of alkyl halides is 2. The number of anilines is 3. The monoisotopic (exact) mass is 467 g/mol. The zero-order chi connectivity index (χ0) is 23.3. The zero-order valence-electron chi connectivity index (χ0n) is 18.6. The Balaban J connectivity index is 1.73. The van der Waals surface area contributed by atoms with Crippen LogP contribution in [-0.4, -0.2) is 60.3 Å². The van der Waals surface area contributed by atoms with Crippen LogP contribution in [0.25, 0.3) is 10.9 Å². The van der Waals surface area contributed by atoms with E-state index in [1.165, 1.54) is 6.07 Å². The van der Waals surface area contributed by atoms with Crippen molar-refractivity contribution in [1.29, 1.82) is 0 Å². The lowest BCUT2D eigenvalue weighted by atomic mass is 10.1. The number of pyridine rings is 1. The Morgan fingerprint density at radius 2 is 1.76 bits per heavy atom. The van der Waals surface area contributed by atoms with Crippen LogP contribution in [0, 0.1) is 6.92 Å². The van der Waals surface area contributed by atoms with E-state index in [2.05, 4.69) is 27.3 Å². The van der Waals surface area contributed by atoms with Gasteiger partial charge in [-0.05, 0) is 37.3 Å². The molecule has 0 spiro atoms. The van der Waals surface area contributed by atoms with Gasteiger partial charge >= 0.3 is 0 Å². The molecule has 1 aromatic heterocycles. The molecule has 2 aliphatic rings. The molecule has 1 saturated heterocycles. The first-order valence-electron chi connectivity index (χ1n) is 10.9. The van der Waals surface area contributed by atoms with Gasteiger partial charge in [-0.15, -0.1) is 4.43 Å². The van der Waals surface area contributed by atoms with Crippen LogP contribution in [0.5, 0.6) is 5.75 Å². The third kappa shape index (κ3) is 3.88. The fourth-order valence-electron chi connectivity index (χ4n) is 4.66. The Kier molecular flexibility index (Phi) is 5.81. The molecule has 3 aromatic rings. The van der Waals surface area contributed by atoms with Crippen molar-refractivity contribution in [3.63, 3.8) is 0 Å². The molecule has 2 aliphatic heterocycles. The molecule has 2 aromatic carbocycles. The minimum absolute atomic E-state index is 0.0357. The van der Waals surface area contributed by atoms with Gasteiger partial charge < -0.3 is 23.8 Å². The average molecular weight is 467 g/mol. The predicted octanol–water partition coefficient (Wildman–Crippen LogP) is 2.95. The van der Waals surface area contributed by atoms with E-state index in [9.17, 15) is 13.6 Å². The van der Waals surface area contributed by atoms with Crippen molar-refractivity contribution in [3.8, 4) is 5.75 Å². The van der Waals surface area contributed by atoms with Crippen molar-refractivity contribution in [3.05, 3.63) is 51.8 Å². The first kappa shape index (κ1) is 22.2. The molecule has 2 radical (unpaired) electrons. The summed E-state index contributed by atoms with van der Waals surface area (Å²) in [5, 5.41) is 0.988. The molecule has 0 atom stereocenters. The van der Waals surface area contributed by atoms with E-state index in [1.54, 1.807) is 17.7 Å². The number of hydrogen-bond donors (Lipinski definition) is 0. The highest BCUT2D eigenvalue weighted by Gasteiger charge is 2.25. The number of nitrogens with zero attached hydrogens (tertiary/aromatic N) is 3. The summed E-state index contributed by atoms with van der Waals surface area (Å²) in [7, 11) is 1.77. The lowest BCUT2D eigenvalue weighted by Crippen LogP contribution is -2.37. The standard InChI is InChI=1S/C24H24F2N3O3.Al/c1-15-11-18-19(27(2)24(15)30)13-17(14-20(18)28-5-8-31-9-6-28)29-7-10-32-22-4-3-16(23(25)26)12-21(22)29;/h4,11-14,23H,5-10H2,1-2H3;. The van der Waals surface area contributed by atoms with Gasteiger partial charge in [0.2, 0.25) is 0 Å². The van der Waals surface area contributed by atoms with Crippen LogP contribution in [0.4, 0.5) is 25.8 Å². The third-order valence-corrected chi connectivity index (χ3v) is 6.91.